The van der Waals surface area contributed by atoms with Gasteiger partial charge in [-0.2, -0.15) is 0 Å². The van der Waals surface area contributed by atoms with E-state index in [1.807, 2.05) is 48.3 Å². The molecule has 2 aliphatic heterocycles. The second kappa shape index (κ2) is 11.0. The number of benzene rings is 2. The quantitative estimate of drug-likeness (QED) is 0.192. The summed E-state index contributed by atoms with van der Waals surface area (Å²) in [5.41, 5.74) is 2.95. The Bertz CT molecular complexity index is 1430. The number of hydrogen-bond donors (Lipinski definition) is 1. The van der Waals surface area contributed by atoms with Crippen molar-refractivity contribution in [3.63, 3.8) is 0 Å². The number of esters is 1. The Hall–Kier alpha value is -3.23. The van der Waals surface area contributed by atoms with E-state index in [4.69, 9.17) is 9.47 Å². The number of aliphatic hydroxyl groups is 1. The lowest BCUT2D eigenvalue weighted by atomic mass is 9.51. The van der Waals surface area contributed by atoms with E-state index >= 15 is 0 Å². The number of carbonyl (C=O) groups is 3. The molecule has 3 aliphatic carbocycles. The first-order chi connectivity index (χ1) is 20.8. The zero-order valence-electron chi connectivity index (χ0n) is 25.2. The number of unbranched alkanes of at least 4 members (excludes halogenated alkanes) is 1. The molecule has 0 radical (unpaired) electrons. The molecule has 7 atom stereocenters. The van der Waals surface area contributed by atoms with E-state index in [1.54, 1.807) is 0 Å². The Balaban J connectivity index is 1.10. The number of aliphatic hydroxyl groups excluding tert-OH is 1. The van der Waals surface area contributed by atoms with Crippen LogP contribution in [-0.4, -0.2) is 77.0 Å². The Morgan fingerprint density at radius 3 is 2.60 bits per heavy atom. The minimum absolute atomic E-state index is 0.0829. The number of rotatable bonds is 10. The lowest BCUT2D eigenvalue weighted by molar-refractivity contribution is -0.140. The molecule has 0 aromatic heterocycles. The number of amides is 1. The highest BCUT2D eigenvalue weighted by atomic mass is 16.6. The molecule has 8 heteroatoms. The lowest BCUT2D eigenvalue weighted by Crippen LogP contribution is -2.69. The maximum Gasteiger partial charge on any atom is 0.308 e. The van der Waals surface area contributed by atoms with Crippen LogP contribution < -0.4 is 9.47 Å². The van der Waals surface area contributed by atoms with Crippen molar-refractivity contribution in [2.45, 2.75) is 94.4 Å². The van der Waals surface area contributed by atoms with Gasteiger partial charge in [0.05, 0.1) is 12.1 Å². The van der Waals surface area contributed by atoms with Crippen molar-refractivity contribution in [2.75, 3.05) is 20.1 Å². The summed E-state index contributed by atoms with van der Waals surface area (Å²) >= 11 is 0. The SMILES string of the molecule is CC(=O)Oc1ccc2c3c1O[C@H]1[C@H](N(C)C(=O)CCCCC(=O)c4ccccc4)CC[C@H]4[C@@H](C2)N(CC2CC2O)CC[C@@]341. The third-order valence-corrected chi connectivity index (χ3v) is 11.0. The first kappa shape index (κ1) is 28.5. The van der Waals surface area contributed by atoms with Gasteiger partial charge in [-0.05, 0) is 69.0 Å². The third-order valence-electron chi connectivity index (χ3n) is 11.0. The predicted molar refractivity (Wildman–Crippen MR) is 160 cm³/mol. The number of ketones is 1. The fourth-order valence-electron chi connectivity index (χ4n) is 8.87. The zero-order valence-corrected chi connectivity index (χ0v) is 25.2. The molecule has 2 bridgehead atoms. The molecule has 2 aromatic rings. The molecule has 1 saturated heterocycles. The number of carbonyl (C=O) groups excluding carboxylic acids is 3. The van der Waals surface area contributed by atoms with Crippen molar-refractivity contribution >= 4 is 17.7 Å². The van der Waals surface area contributed by atoms with Crippen LogP contribution in [0.4, 0.5) is 0 Å². The molecule has 2 heterocycles. The molecule has 3 fully saturated rings. The molecule has 228 valence electrons. The Kier molecular flexibility index (Phi) is 7.33. The van der Waals surface area contributed by atoms with E-state index in [0.29, 0.717) is 55.1 Å². The minimum atomic E-state index is -0.371. The molecular weight excluding hydrogens is 544 g/mol. The number of hydrogen-bond acceptors (Lipinski definition) is 7. The van der Waals surface area contributed by atoms with Crippen molar-refractivity contribution in [2.24, 2.45) is 11.8 Å². The molecule has 2 saturated carbocycles. The number of likely N-dealkylation sites (N-methyl/N-ethyl adjacent to an activating group) is 1. The number of nitrogens with zero attached hydrogens (tertiary/aromatic N) is 2. The van der Waals surface area contributed by atoms with Crippen molar-refractivity contribution < 1.29 is 29.0 Å². The van der Waals surface area contributed by atoms with Crippen LogP contribution in [0.15, 0.2) is 42.5 Å². The van der Waals surface area contributed by atoms with E-state index in [2.05, 4.69) is 11.0 Å². The molecule has 5 aliphatic rings. The van der Waals surface area contributed by atoms with Crippen molar-refractivity contribution in [1.29, 1.82) is 0 Å². The van der Waals surface area contributed by atoms with Gasteiger partial charge in [0.1, 0.15) is 6.10 Å². The predicted octanol–water partition coefficient (Wildman–Crippen LogP) is 4.30. The van der Waals surface area contributed by atoms with Crippen molar-refractivity contribution in [3.05, 3.63) is 59.2 Å². The maximum atomic E-state index is 13.6. The number of piperidine rings is 1. The monoisotopic (exact) mass is 586 g/mol. The maximum absolute atomic E-state index is 13.6. The molecule has 8 nitrogen and oxygen atoms in total. The van der Waals surface area contributed by atoms with Gasteiger partial charge in [-0.3, -0.25) is 19.3 Å². The second-order valence-electron chi connectivity index (χ2n) is 13.4. The molecule has 1 amide bonds. The fourth-order valence-corrected chi connectivity index (χ4v) is 8.87. The molecule has 2 aromatic carbocycles. The van der Waals surface area contributed by atoms with Crippen LogP contribution in [0.25, 0.3) is 0 Å². The molecule has 43 heavy (non-hydrogen) atoms. The smallest absolute Gasteiger partial charge is 0.308 e. The number of likely N-dealkylation sites (tertiary alicyclic amines) is 1. The standard InChI is InChI=1S/C35H42N2O6/c1-21(38)42-30-15-12-23-18-27-25-13-14-26(36(2)31(41)11-7-6-10-28(39)22-8-4-3-5-9-22)34-35(25,32(23)33(30)43-34)16-17-37(27)20-24-19-29(24)40/h3-5,8-9,12,15,24-27,29,34,40H,6-7,10-11,13-14,16-20H2,1-2H3/t24?,25-,26+,27+,29?,34-,35-/m0/s1. The van der Waals surface area contributed by atoms with Crippen LogP contribution in [0, 0.1) is 11.8 Å². The number of ether oxygens (including phenoxy) is 2. The summed E-state index contributed by atoms with van der Waals surface area (Å²) in [6, 6.07) is 13.6. The van der Waals surface area contributed by atoms with Gasteiger partial charge < -0.3 is 19.5 Å². The van der Waals surface area contributed by atoms with E-state index in [0.717, 1.165) is 50.8 Å². The summed E-state index contributed by atoms with van der Waals surface area (Å²) in [5.74, 6) is 1.75. The second-order valence-corrected chi connectivity index (χ2v) is 13.4. The summed E-state index contributed by atoms with van der Waals surface area (Å²) in [6.07, 6.45) is 6.40. The Labute approximate surface area is 253 Å². The van der Waals surface area contributed by atoms with Crippen LogP contribution in [0.1, 0.15) is 79.8 Å². The van der Waals surface area contributed by atoms with Gasteiger partial charge in [-0.25, -0.2) is 0 Å². The van der Waals surface area contributed by atoms with Gasteiger partial charge in [-0.15, -0.1) is 0 Å². The normalized spacial score (nSPS) is 31.5. The summed E-state index contributed by atoms with van der Waals surface area (Å²) in [6.45, 7) is 3.28. The van der Waals surface area contributed by atoms with Gasteiger partial charge in [-0.1, -0.05) is 36.4 Å². The van der Waals surface area contributed by atoms with Gasteiger partial charge in [0.25, 0.3) is 0 Å². The molecular formula is C35H42N2O6. The lowest BCUT2D eigenvalue weighted by Gasteiger charge is -2.60. The van der Waals surface area contributed by atoms with Gasteiger partial charge >= 0.3 is 5.97 Å². The summed E-state index contributed by atoms with van der Waals surface area (Å²) < 4.78 is 12.5. The van der Waals surface area contributed by atoms with Crippen LogP contribution in [0.3, 0.4) is 0 Å². The van der Waals surface area contributed by atoms with Crippen LogP contribution in [0.2, 0.25) is 0 Å². The molecule has 1 N–H and O–H groups in total. The van der Waals surface area contributed by atoms with E-state index < -0.39 is 0 Å². The van der Waals surface area contributed by atoms with E-state index in [1.165, 1.54) is 18.1 Å². The van der Waals surface area contributed by atoms with Gasteiger partial charge in [0, 0.05) is 61.9 Å². The zero-order chi connectivity index (χ0) is 29.9. The largest absolute Gasteiger partial charge is 0.483 e. The number of Topliss-reactive ketones (excluding diaryl/α,β-unsaturated/α-hetero) is 1. The fraction of sp³-hybridized carbons (Fsp3) is 0.571. The Morgan fingerprint density at radius 2 is 1.86 bits per heavy atom. The highest BCUT2D eigenvalue weighted by molar-refractivity contribution is 5.96. The highest BCUT2D eigenvalue weighted by Crippen LogP contribution is 2.64. The average molecular weight is 587 g/mol. The third kappa shape index (κ3) is 4.87. The average Bonchev–Trinajstić information content (AvgIpc) is 3.58. The van der Waals surface area contributed by atoms with E-state index in [9.17, 15) is 19.5 Å². The molecule has 2 unspecified atom stereocenters. The van der Waals surface area contributed by atoms with Crippen molar-refractivity contribution in [1.82, 2.24) is 9.80 Å². The Morgan fingerprint density at radius 1 is 1.09 bits per heavy atom. The minimum Gasteiger partial charge on any atom is -0.483 e. The van der Waals surface area contributed by atoms with Crippen LogP contribution in [0.5, 0.6) is 11.5 Å². The van der Waals surface area contributed by atoms with Gasteiger partial charge in [0.2, 0.25) is 5.91 Å². The first-order valence-corrected chi connectivity index (χ1v) is 16.1. The topological polar surface area (TPSA) is 96.4 Å². The summed E-state index contributed by atoms with van der Waals surface area (Å²) in [4.78, 5) is 42.6. The van der Waals surface area contributed by atoms with Crippen LogP contribution >= 0.6 is 0 Å². The first-order valence-electron chi connectivity index (χ1n) is 16.1. The van der Waals surface area contributed by atoms with E-state index in [-0.39, 0.29) is 41.3 Å². The molecule has 7 rings (SSSR count). The molecule has 1 spiro atoms. The summed E-state index contributed by atoms with van der Waals surface area (Å²) in [5, 5.41) is 10.1. The summed E-state index contributed by atoms with van der Waals surface area (Å²) in [7, 11) is 1.91. The van der Waals surface area contributed by atoms with Crippen LogP contribution in [-0.2, 0) is 21.4 Å². The highest BCUT2D eigenvalue weighted by Gasteiger charge is 2.66. The van der Waals surface area contributed by atoms with Crippen molar-refractivity contribution in [3.8, 4) is 11.5 Å². The van der Waals surface area contributed by atoms with Gasteiger partial charge in [0.15, 0.2) is 17.3 Å².